The fraction of sp³-hybridized carbons (Fsp3) is 0.176. The number of carbonyl (C=O) groups excluding carboxylic acids is 1. The van der Waals surface area contributed by atoms with E-state index in [1.807, 2.05) is 46.5 Å². The molecule has 0 atom stereocenters. The lowest BCUT2D eigenvalue weighted by molar-refractivity contribution is -0.121. The number of benzene rings is 1. The topological polar surface area (TPSA) is 77.6 Å². The van der Waals surface area contributed by atoms with Gasteiger partial charge in [0.2, 0.25) is 11.0 Å². The summed E-state index contributed by atoms with van der Waals surface area (Å²) >= 11 is 1.54. The van der Waals surface area contributed by atoms with Gasteiger partial charge in [-0.2, -0.15) is 5.10 Å². The lowest BCUT2D eigenvalue weighted by Crippen LogP contribution is -2.29. The van der Waals surface area contributed by atoms with E-state index >= 15 is 0 Å². The second-order valence-corrected chi connectivity index (χ2v) is 6.37. The number of nitrogens with one attached hydrogen (secondary N) is 1. The SMILES string of the molecule is O=C(Cn1cnc2ccccc21)NCCc1csc(-n2cccn2)n1. The summed E-state index contributed by atoms with van der Waals surface area (Å²) in [5, 5.41) is 9.92. The molecule has 0 bridgehead atoms. The first kappa shape index (κ1) is 15.5. The molecule has 1 N–H and O–H groups in total. The van der Waals surface area contributed by atoms with Crippen molar-refractivity contribution in [2.75, 3.05) is 6.54 Å². The molecule has 25 heavy (non-hydrogen) atoms. The van der Waals surface area contributed by atoms with Crippen molar-refractivity contribution in [3.05, 3.63) is 60.1 Å². The zero-order valence-electron chi connectivity index (χ0n) is 13.4. The average molecular weight is 352 g/mol. The minimum absolute atomic E-state index is 0.0364. The summed E-state index contributed by atoms with van der Waals surface area (Å²) < 4.78 is 3.58. The summed E-state index contributed by atoms with van der Waals surface area (Å²) in [6, 6.07) is 9.63. The fourth-order valence-electron chi connectivity index (χ4n) is 2.58. The normalized spacial score (nSPS) is 11.0. The van der Waals surface area contributed by atoms with Crippen LogP contribution in [0.5, 0.6) is 0 Å². The van der Waals surface area contributed by atoms with E-state index in [1.54, 1.807) is 17.2 Å². The molecule has 3 heterocycles. The Balaban J connectivity index is 1.30. The fourth-order valence-corrected chi connectivity index (χ4v) is 3.37. The number of amides is 1. The van der Waals surface area contributed by atoms with Gasteiger partial charge < -0.3 is 9.88 Å². The maximum atomic E-state index is 12.1. The van der Waals surface area contributed by atoms with Crippen molar-refractivity contribution >= 4 is 28.3 Å². The van der Waals surface area contributed by atoms with E-state index in [0.717, 1.165) is 21.9 Å². The summed E-state index contributed by atoms with van der Waals surface area (Å²) in [4.78, 5) is 21.0. The zero-order chi connectivity index (χ0) is 17.1. The highest BCUT2D eigenvalue weighted by Gasteiger charge is 2.08. The Labute approximate surface area is 148 Å². The van der Waals surface area contributed by atoms with Gasteiger partial charge in [-0.1, -0.05) is 12.1 Å². The highest BCUT2D eigenvalue weighted by atomic mass is 32.1. The van der Waals surface area contributed by atoms with E-state index in [0.29, 0.717) is 13.0 Å². The average Bonchev–Trinajstić information content (AvgIpc) is 3.35. The molecule has 0 aliphatic rings. The van der Waals surface area contributed by atoms with Gasteiger partial charge in [-0.15, -0.1) is 11.3 Å². The largest absolute Gasteiger partial charge is 0.354 e. The number of thiazole rings is 1. The predicted octanol–water partition coefficient (Wildman–Crippen LogP) is 2.04. The van der Waals surface area contributed by atoms with Crippen molar-refractivity contribution in [2.45, 2.75) is 13.0 Å². The van der Waals surface area contributed by atoms with Gasteiger partial charge in [0, 0.05) is 30.7 Å². The summed E-state index contributed by atoms with van der Waals surface area (Å²) in [7, 11) is 0. The number of para-hydroxylation sites is 2. The van der Waals surface area contributed by atoms with Gasteiger partial charge in [0.15, 0.2) is 0 Å². The summed E-state index contributed by atoms with van der Waals surface area (Å²) in [5.41, 5.74) is 2.80. The quantitative estimate of drug-likeness (QED) is 0.576. The van der Waals surface area contributed by atoms with Gasteiger partial charge in [-0.25, -0.2) is 14.6 Å². The first-order valence-corrected chi connectivity index (χ1v) is 8.78. The van der Waals surface area contributed by atoms with Crippen molar-refractivity contribution < 1.29 is 4.79 Å². The Kier molecular flexibility index (Phi) is 4.26. The molecule has 0 fully saturated rings. The van der Waals surface area contributed by atoms with Crippen LogP contribution in [0.2, 0.25) is 0 Å². The van der Waals surface area contributed by atoms with Gasteiger partial charge >= 0.3 is 0 Å². The maximum Gasteiger partial charge on any atom is 0.240 e. The third-order valence-electron chi connectivity index (χ3n) is 3.78. The van der Waals surface area contributed by atoms with Crippen LogP contribution in [0.25, 0.3) is 16.2 Å². The molecule has 0 unspecified atom stereocenters. The third kappa shape index (κ3) is 3.43. The van der Waals surface area contributed by atoms with Gasteiger partial charge in [-0.05, 0) is 18.2 Å². The van der Waals surface area contributed by atoms with Crippen molar-refractivity contribution in [1.82, 2.24) is 29.6 Å². The number of aromatic nitrogens is 5. The molecule has 0 saturated carbocycles. The smallest absolute Gasteiger partial charge is 0.240 e. The molecular weight excluding hydrogens is 336 g/mol. The third-order valence-corrected chi connectivity index (χ3v) is 4.66. The minimum atomic E-state index is -0.0364. The van der Waals surface area contributed by atoms with E-state index < -0.39 is 0 Å². The molecule has 126 valence electrons. The van der Waals surface area contributed by atoms with Crippen LogP contribution in [0.1, 0.15) is 5.69 Å². The number of rotatable bonds is 6. The number of hydrogen-bond donors (Lipinski definition) is 1. The maximum absolute atomic E-state index is 12.1. The Morgan fingerprint density at radius 2 is 2.16 bits per heavy atom. The van der Waals surface area contributed by atoms with Gasteiger partial charge in [0.25, 0.3) is 0 Å². The molecule has 0 saturated heterocycles. The van der Waals surface area contributed by atoms with Crippen LogP contribution in [0, 0.1) is 0 Å². The Morgan fingerprint density at radius 1 is 1.24 bits per heavy atom. The van der Waals surface area contributed by atoms with Crippen LogP contribution in [-0.2, 0) is 17.8 Å². The van der Waals surface area contributed by atoms with Gasteiger partial charge in [-0.3, -0.25) is 4.79 Å². The molecule has 4 aromatic rings. The summed E-state index contributed by atoms with van der Waals surface area (Å²) in [6.45, 7) is 0.809. The minimum Gasteiger partial charge on any atom is -0.354 e. The highest BCUT2D eigenvalue weighted by Crippen LogP contribution is 2.14. The molecule has 3 aromatic heterocycles. The van der Waals surface area contributed by atoms with Crippen LogP contribution in [0.15, 0.2) is 54.4 Å². The number of imidazole rings is 1. The van der Waals surface area contributed by atoms with E-state index in [1.165, 1.54) is 11.3 Å². The number of carbonyl (C=O) groups is 1. The second kappa shape index (κ2) is 6.86. The molecule has 1 aromatic carbocycles. The number of hydrogen-bond acceptors (Lipinski definition) is 5. The van der Waals surface area contributed by atoms with E-state index in [4.69, 9.17) is 0 Å². The molecule has 0 spiro atoms. The van der Waals surface area contributed by atoms with Crippen LogP contribution in [0.4, 0.5) is 0 Å². The van der Waals surface area contributed by atoms with E-state index in [-0.39, 0.29) is 12.5 Å². The van der Waals surface area contributed by atoms with Gasteiger partial charge in [0.1, 0.15) is 6.54 Å². The molecule has 4 rings (SSSR count). The molecule has 0 aliphatic heterocycles. The molecule has 1 amide bonds. The predicted molar refractivity (Wildman–Crippen MR) is 95.7 cm³/mol. The molecule has 0 aliphatic carbocycles. The number of fused-ring (bicyclic) bond motifs is 1. The Bertz CT molecular complexity index is 988. The van der Waals surface area contributed by atoms with Crippen LogP contribution in [-0.4, -0.2) is 36.8 Å². The molecule has 8 heteroatoms. The van der Waals surface area contributed by atoms with E-state index in [9.17, 15) is 4.79 Å². The van der Waals surface area contributed by atoms with Crippen LogP contribution in [0.3, 0.4) is 0 Å². The van der Waals surface area contributed by atoms with Crippen LogP contribution >= 0.6 is 11.3 Å². The molecule has 7 nitrogen and oxygen atoms in total. The van der Waals surface area contributed by atoms with Crippen LogP contribution < -0.4 is 5.32 Å². The Morgan fingerprint density at radius 3 is 3.04 bits per heavy atom. The monoisotopic (exact) mass is 352 g/mol. The van der Waals surface area contributed by atoms with E-state index in [2.05, 4.69) is 20.4 Å². The van der Waals surface area contributed by atoms with Crippen molar-refractivity contribution in [1.29, 1.82) is 0 Å². The molecule has 0 radical (unpaired) electrons. The lowest BCUT2D eigenvalue weighted by atomic mass is 10.3. The molecular formula is C17H16N6OS. The Hall–Kier alpha value is -3.00. The summed E-state index contributed by atoms with van der Waals surface area (Å²) in [5.74, 6) is -0.0364. The van der Waals surface area contributed by atoms with Gasteiger partial charge in [0.05, 0.1) is 23.1 Å². The number of nitrogens with zero attached hydrogens (tertiary/aromatic N) is 5. The van der Waals surface area contributed by atoms with Crippen molar-refractivity contribution in [2.24, 2.45) is 0 Å². The standard InChI is InChI=1S/C17H16N6OS/c24-16(10-22-12-19-14-4-1-2-5-15(14)22)18-8-6-13-11-25-17(21-13)23-9-3-7-20-23/h1-5,7,9,11-12H,6,8,10H2,(H,18,24). The lowest BCUT2D eigenvalue weighted by Gasteiger charge is -2.06. The first-order chi connectivity index (χ1) is 12.3. The first-order valence-electron chi connectivity index (χ1n) is 7.90. The zero-order valence-corrected chi connectivity index (χ0v) is 14.2. The summed E-state index contributed by atoms with van der Waals surface area (Å²) in [6.07, 6.45) is 5.97. The second-order valence-electron chi connectivity index (χ2n) is 5.53. The van der Waals surface area contributed by atoms with Crippen molar-refractivity contribution in [3.8, 4) is 5.13 Å². The van der Waals surface area contributed by atoms with Crippen molar-refractivity contribution in [3.63, 3.8) is 0 Å². The highest BCUT2D eigenvalue weighted by molar-refractivity contribution is 7.12.